The van der Waals surface area contributed by atoms with E-state index in [1.807, 2.05) is 54.9 Å². The summed E-state index contributed by atoms with van der Waals surface area (Å²) in [6.45, 7) is 4.38. The Morgan fingerprint density at radius 3 is 2.46 bits per heavy atom. The van der Waals surface area contributed by atoms with Crippen LogP contribution in [0.5, 0.6) is 5.75 Å². The lowest BCUT2D eigenvalue weighted by molar-refractivity contribution is 0.304. The van der Waals surface area contributed by atoms with Crippen molar-refractivity contribution in [2.45, 2.75) is 20.5 Å². The number of ether oxygens (including phenoxy) is 1. The molecule has 0 aliphatic heterocycles. The number of hydrogen-bond acceptors (Lipinski definition) is 6. The highest BCUT2D eigenvalue weighted by Gasteiger charge is 2.14. The summed E-state index contributed by atoms with van der Waals surface area (Å²) < 4.78 is 13.0. The summed E-state index contributed by atoms with van der Waals surface area (Å²) in [6.07, 6.45) is 1.30. The van der Waals surface area contributed by atoms with E-state index in [-0.39, 0.29) is 0 Å². The van der Waals surface area contributed by atoms with Gasteiger partial charge < -0.3 is 9.15 Å². The number of benzene rings is 2. The van der Waals surface area contributed by atoms with Crippen LogP contribution in [0.3, 0.4) is 0 Å². The molecular weight excluding hydrogens is 354 g/mol. The zero-order valence-corrected chi connectivity index (χ0v) is 15.5. The van der Waals surface area contributed by atoms with E-state index in [4.69, 9.17) is 14.4 Å². The highest BCUT2D eigenvalue weighted by Crippen LogP contribution is 2.23. The summed E-state index contributed by atoms with van der Waals surface area (Å²) in [4.78, 5) is 0. The molecule has 138 valence electrons. The van der Waals surface area contributed by atoms with Crippen LogP contribution in [-0.2, 0) is 6.61 Å². The summed E-state index contributed by atoms with van der Waals surface area (Å²) >= 11 is 0. The van der Waals surface area contributed by atoms with Gasteiger partial charge in [0, 0.05) is 16.8 Å². The average molecular weight is 371 g/mol. The van der Waals surface area contributed by atoms with E-state index in [1.165, 1.54) is 6.39 Å². The van der Waals surface area contributed by atoms with Crippen molar-refractivity contribution in [2.24, 2.45) is 0 Å². The van der Waals surface area contributed by atoms with E-state index < -0.39 is 0 Å². The van der Waals surface area contributed by atoms with Crippen LogP contribution in [0.1, 0.15) is 22.5 Å². The topological polar surface area (TPSA) is 89.8 Å². The predicted molar refractivity (Wildman–Crippen MR) is 102 cm³/mol. The Labute approximate surface area is 161 Å². The van der Waals surface area contributed by atoms with Gasteiger partial charge in [0.1, 0.15) is 12.4 Å². The molecule has 2 aromatic heterocycles. The largest absolute Gasteiger partial charge is 0.489 e. The molecule has 7 heteroatoms. The number of aryl methyl sites for hydroxylation is 1. The van der Waals surface area contributed by atoms with Gasteiger partial charge in [-0.3, -0.25) is 0 Å². The van der Waals surface area contributed by atoms with Crippen molar-refractivity contribution in [1.82, 2.24) is 20.0 Å². The summed E-state index contributed by atoms with van der Waals surface area (Å²) in [5, 5.41) is 21.1. The first-order chi connectivity index (χ1) is 13.7. The van der Waals surface area contributed by atoms with Crippen LogP contribution in [0.15, 0.2) is 59.3 Å². The van der Waals surface area contributed by atoms with Gasteiger partial charge in [-0.05, 0) is 62.4 Å². The molecule has 0 amide bonds. The summed E-state index contributed by atoms with van der Waals surface area (Å²) in [6, 6.07) is 17.0. The Kier molecular flexibility index (Phi) is 4.60. The monoisotopic (exact) mass is 371 g/mol. The molecular formula is C21H17N5O2. The van der Waals surface area contributed by atoms with Gasteiger partial charge in [-0.25, -0.2) is 4.68 Å². The van der Waals surface area contributed by atoms with Gasteiger partial charge in [0.05, 0.1) is 23.0 Å². The van der Waals surface area contributed by atoms with Crippen LogP contribution in [0.25, 0.3) is 17.1 Å². The van der Waals surface area contributed by atoms with Gasteiger partial charge >= 0.3 is 0 Å². The molecule has 0 spiro atoms. The first-order valence-corrected chi connectivity index (χ1v) is 8.71. The molecule has 4 aromatic rings. The molecule has 4 rings (SSSR count). The number of nitrogens with zero attached hydrogens (tertiary/aromatic N) is 5. The van der Waals surface area contributed by atoms with Gasteiger partial charge in [-0.2, -0.15) is 10.4 Å². The van der Waals surface area contributed by atoms with E-state index in [2.05, 4.69) is 21.4 Å². The Balaban J connectivity index is 1.51. The second-order valence-corrected chi connectivity index (χ2v) is 6.28. The van der Waals surface area contributed by atoms with Crippen molar-refractivity contribution in [3.8, 4) is 29.0 Å². The third-order valence-corrected chi connectivity index (χ3v) is 4.53. The maximum Gasteiger partial charge on any atom is 0.247 e. The maximum atomic E-state index is 8.95. The second-order valence-electron chi connectivity index (χ2n) is 6.28. The quantitative estimate of drug-likeness (QED) is 0.527. The molecule has 0 saturated carbocycles. The van der Waals surface area contributed by atoms with Crippen molar-refractivity contribution in [2.75, 3.05) is 0 Å². The van der Waals surface area contributed by atoms with E-state index in [0.29, 0.717) is 18.1 Å². The van der Waals surface area contributed by atoms with Gasteiger partial charge in [0.15, 0.2) is 0 Å². The van der Waals surface area contributed by atoms with Crippen LogP contribution in [0.4, 0.5) is 0 Å². The fourth-order valence-electron chi connectivity index (χ4n) is 2.96. The van der Waals surface area contributed by atoms with Crippen LogP contribution in [-0.4, -0.2) is 20.0 Å². The molecule has 0 aliphatic carbocycles. The smallest absolute Gasteiger partial charge is 0.247 e. The normalized spacial score (nSPS) is 10.6. The third-order valence-electron chi connectivity index (χ3n) is 4.53. The summed E-state index contributed by atoms with van der Waals surface area (Å²) in [5.74, 6) is 1.22. The van der Waals surface area contributed by atoms with E-state index in [9.17, 15) is 0 Å². The first-order valence-electron chi connectivity index (χ1n) is 8.71. The standard InChI is InChI=1S/C21H17N5O2/c1-14-20(15(2)26(25-14)18-7-3-16(11-22)4-8-18)12-27-19-9-5-17(6-10-19)21-24-23-13-28-21/h3-10,13H,12H2,1-2H3. The van der Waals surface area contributed by atoms with E-state index in [0.717, 1.165) is 34.0 Å². The molecule has 0 N–H and O–H groups in total. The SMILES string of the molecule is Cc1nn(-c2ccc(C#N)cc2)c(C)c1COc1ccc(-c2nnco2)cc1. The lowest BCUT2D eigenvalue weighted by Crippen LogP contribution is -2.01. The molecule has 2 heterocycles. The minimum absolute atomic E-state index is 0.411. The Morgan fingerprint density at radius 2 is 1.82 bits per heavy atom. The number of hydrogen-bond donors (Lipinski definition) is 0. The summed E-state index contributed by atoms with van der Waals surface area (Å²) in [5.41, 5.74) is 5.32. The van der Waals surface area contributed by atoms with Gasteiger partial charge in [0.2, 0.25) is 12.3 Å². The highest BCUT2D eigenvalue weighted by atomic mass is 16.5. The minimum Gasteiger partial charge on any atom is -0.489 e. The predicted octanol–water partition coefficient (Wildman–Crippen LogP) is 3.99. The molecule has 2 aromatic carbocycles. The molecule has 0 fully saturated rings. The van der Waals surface area contributed by atoms with Gasteiger partial charge in [0.25, 0.3) is 0 Å². The number of rotatable bonds is 5. The molecule has 0 aliphatic rings. The van der Waals surface area contributed by atoms with Crippen molar-refractivity contribution in [3.63, 3.8) is 0 Å². The van der Waals surface area contributed by atoms with Gasteiger partial charge in [-0.1, -0.05) is 0 Å². The number of aromatic nitrogens is 4. The van der Waals surface area contributed by atoms with E-state index in [1.54, 1.807) is 12.1 Å². The summed E-state index contributed by atoms with van der Waals surface area (Å²) in [7, 11) is 0. The van der Waals surface area contributed by atoms with Crippen LogP contribution in [0.2, 0.25) is 0 Å². The van der Waals surface area contributed by atoms with Crippen molar-refractivity contribution in [3.05, 3.63) is 77.4 Å². The van der Waals surface area contributed by atoms with Crippen molar-refractivity contribution in [1.29, 1.82) is 5.26 Å². The Bertz CT molecular complexity index is 1120. The Morgan fingerprint density at radius 1 is 1.07 bits per heavy atom. The van der Waals surface area contributed by atoms with Crippen LogP contribution >= 0.6 is 0 Å². The van der Waals surface area contributed by atoms with Crippen LogP contribution < -0.4 is 4.74 Å². The maximum absolute atomic E-state index is 8.95. The molecule has 0 atom stereocenters. The van der Waals surface area contributed by atoms with Crippen molar-refractivity contribution < 1.29 is 9.15 Å². The lowest BCUT2D eigenvalue weighted by Gasteiger charge is -2.08. The van der Waals surface area contributed by atoms with Gasteiger partial charge in [-0.15, -0.1) is 10.2 Å². The average Bonchev–Trinajstić information content (AvgIpc) is 3.36. The molecule has 7 nitrogen and oxygen atoms in total. The molecule has 28 heavy (non-hydrogen) atoms. The first kappa shape index (κ1) is 17.5. The molecule has 0 unspecified atom stereocenters. The molecule has 0 radical (unpaired) electrons. The number of nitriles is 1. The fourth-order valence-corrected chi connectivity index (χ4v) is 2.96. The fraction of sp³-hybridized carbons (Fsp3) is 0.143. The van der Waals surface area contributed by atoms with Crippen LogP contribution in [0, 0.1) is 25.2 Å². The molecule has 0 bridgehead atoms. The lowest BCUT2D eigenvalue weighted by atomic mass is 10.2. The minimum atomic E-state index is 0.411. The third kappa shape index (κ3) is 3.35. The highest BCUT2D eigenvalue weighted by molar-refractivity contribution is 5.53. The Hall–Kier alpha value is -3.92. The molecule has 0 saturated heterocycles. The zero-order chi connectivity index (χ0) is 19.5. The van der Waals surface area contributed by atoms with Crippen molar-refractivity contribution >= 4 is 0 Å². The van der Waals surface area contributed by atoms with E-state index >= 15 is 0 Å². The second kappa shape index (κ2) is 7.37. The zero-order valence-electron chi connectivity index (χ0n) is 15.5.